The first kappa shape index (κ1) is 23.4. The van der Waals surface area contributed by atoms with E-state index in [9.17, 15) is 9.59 Å². The fourth-order valence-electron chi connectivity index (χ4n) is 3.68. The third-order valence-electron chi connectivity index (χ3n) is 5.06. The van der Waals surface area contributed by atoms with E-state index in [1.165, 1.54) is 21.3 Å². The Morgan fingerprint density at radius 3 is 2.25 bits per heavy atom. The van der Waals surface area contributed by atoms with Crippen LogP contribution in [0.2, 0.25) is 0 Å². The number of nitrogens with one attached hydrogen (secondary N) is 3. The highest BCUT2D eigenvalue weighted by Crippen LogP contribution is 2.45. The number of fused-ring (bicyclic) bond motifs is 1. The molecule has 0 saturated carbocycles. The summed E-state index contributed by atoms with van der Waals surface area (Å²) in [4.78, 5) is 31.7. The van der Waals surface area contributed by atoms with Crippen LogP contribution < -0.4 is 25.1 Å². The normalized spacial score (nSPS) is 15.2. The van der Waals surface area contributed by atoms with Crippen LogP contribution in [0.25, 0.3) is 0 Å². The van der Waals surface area contributed by atoms with Gasteiger partial charge in [-0.3, -0.25) is 9.78 Å². The van der Waals surface area contributed by atoms with Gasteiger partial charge in [0, 0.05) is 5.70 Å². The van der Waals surface area contributed by atoms with Crippen molar-refractivity contribution in [2.75, 3.05) is 33.3 Å². The molecule has 9 nitrogen and oxygen atoms in total. The maximum absolute atomic E-state index is 13.2. The van der Waals surface area contributed by atoms with E-state index in [-0.39, 0.29) is 17.3 Å². The molecule has 32 heavy (non-hydrogen) atoms. The van der Waals surface area contributed by atoms with Crippen LogP contribution in [0, 0.1) is 10.7 Å². The van der Waals surface area contributed by atoms with Crippen LogP contribution >= 0.6 is 12.2 Å². The van der Waals surface area contributed by atoms with E-state index in [0.29, 0.717) is 45.5 Å². The third kappa shape index (κ3) is 4.36. The number of hydrogen-bond acceptors (Lipinski definition) is 8. The van der Waals surface area contributed by atoms with Crippen molar-refractivity contribution in [3.63, 3.8) is 0 Å². The monoisotopic (exact) mass is 461 g/mol. The van der Waals surface area contributed by atoms with Gasteiger partial charge in [0.1, 0.15) is 5.82 Å². The van der Waals surface area contributed by atoms with E-state index in [1.807, 2.05) is 13.8 Å². The molecule has 1 aliphatic heterocycles. The Hall–Kier alpha value is -3.27. The number of hydrogen-bond donors (Lipinski definition) is 3. The number of H-pyrrole nitrogens is 2. The summed E-state index contributed by atoms with van der Waals surface area (Å²) in [7, 11) is 4.50. The molecular formula is C22H27N3O6S. The van der Waals surface area contributed by atoms with Gasteiger partial charge >= 0.3 is 5.97 Å². The molecule has 1 aliphatic rings. The SMILES string of the molecule is COc1cc(C2C(C(=O)OCC(C)C)=C(C)Nc3[nH]c(=S)[nH]c(=O)c32)cc(OC)c1OC. The van der Waals surface area contributed by atoms with Crippen molar-refractivity contribution in [1.29, 1.82) is 0 Å². The number of carbonyl (C=O) groups is 1. The molecule has 10 heteroatoms. The van der Waals surface area contributed by atoms with E-state index in [1.54, 1.807) is 19.1 Å². The molecular weight excluding hydrogens is 434 g/mol. The number of aromatic nitrogens is 2. The smallest absolute Gasteiger partial charge is 0.336 e. The maximum atomic E-state index is 13.2. The zero-order valence-corrected chi connectivity index (χ0v) is 19.7. The quantitative estimate of drug-likeness (QED) is 0.424. The number of methoxy groups -OCH3 is 3. The second-order valence-corrected chi connectivity index (χ2v) is 8.15. The zero-order valence-electron chi connectivity index (χ0n) is 18.9. The number of rotatable bonds is 7. The average molecular weight is 462 g/mol. The fraction of sp³-hybridized carbons (Fsp3) is 0.409. The standard InChI is InChI=1S/C22H27N3O6S/c1-10(2)9-31-21(27)15-11(3)23-19-17(20(26)25-22(32)24-19)16(15)12-7-13(28-4)18(30-6)14(8-12)29-5/h7-8,10,16H,9H2,1-6H3,(H3,23,24,25,26,32). The predicted molar refractivity (Wildman–Crippen MR) is 122 cm³/mol. The summed E-state index contributed by atoms with van der Waals surface area (Å²) in [5, 5.41) is 3.09. The van der Waals surface area contributed by atoms with Gasteiger partial charge in [0.25, 0.3) is 5.56 Å². The van der Waals surface area contributed by atoms with Crippen molar-refractivity contribution >= 4 is 24.0 Å². The molecule has 0 bridgehead atoms. The van der Waals surface area contributed by atoms with Crippen molar-refractivity contribution in [3.05, 3.63) is 49.7 Å². The van der Waals surface area contributed by atoms with Gasteiger partial charge in [0.15, 0.2) is 16.3 Å². The summed E-state index contributed by atoms with van der Waals surface area (Å²) in [6.07, 6.45) is 0. The van der Waals surface area contributed by atoms with Gasteiger partial charge < -0.3 is 29.2 Å². The van der Waals surface area contributed by atoms with E-state index in [0.717, 1.165) is 0 Å². The summed E-state index contributed by atoms with van der Waals surface area (Å²) in [6, 6.07) is 3.43. The van der Waals surface area contributed by atoms with E-state index < -0.39 is 17.4 Å². The lowest BCUT2D eigenvalue weighted by Crippen LogP contribution is -2.31. The minimum absolute atomic E-state index is 0.155. The fourth-order valence-corrected chi connectivity index (χ4v) is 3.87. The van der Waals surface area contributed by atoms with Crippen LogP contribution in [0.1, 0.15) is 37.8 Å². The molecule has 1 aromatic carbocycles. The van der Waals surface area contributed by atoms with Crippen LogP contribution in [0.3, 0.4) is 0 Å². The van der Waals surface area contributed by atoms with Crippen LogP contribution in [0.15, 0.2) is 28.2 Å². The highest BCUT2D eigenvalue weighted by atomic mass is 32.1. The van der Waals surface area contributed by atoms with Crippen molar-refractivity contribution in [2.45, 2.75) is 26.7 Å². The number of carbonyl (C=O) groups excluding carboxylic acids is 1. The van der Waals surface area contributed by atoms with Crippen LogP contribution in [-0.2, 0) is 9.53 Å². The summed E-state index contributed by atoms with van der Waals surface area (Å²) < 4.78 is 22.1. The number of ether oxygens (including phenoxy) is 4. The summed E-state index contributed by atoms with van der Waals surface area (Å²) >= 11 is 5.13. The Morgan fingerprint density at radius 1 is 1.09 bits per heavy atom. The van der Waals surface area contributed by atoms with Crippen molar-refractivity contribution in [2.24, 2.45) is 5.92 Å². The highest BCUT2D eigenvalue weighted by Gasteiger charge is 2.37. The Morgan fingerprint density at radius 2 is 1.72 bits per heavy atom. The molecule has 0 amide bonds. The molecule has 2 aromatic rings. The van der Waals surface area contributed by atoms with Gasteiger partial charge in [0.2, 0.25) is 5.75 Å². The lowest BCUT2D eigenvalue weighted by atomic mass is 9.82. The van der Waals surface area contributed by atoms with Crippen LogP contribution in [0.4, 0.5) is 5.82 Å². The van der Waals surface area contributed by atoms with Gasteiger partial charge in [-0.2, -0.15) is 0 Å². The zero-order chi connectivity index (χ0) is 23.6. The van der Waals surface area contributed by atoms with Crippen molar-refractivity contribution in [3.8, 4) is 17.2 Å². The van der Waals surface area contributed by atoms with E-state index in [4.69, 9.17) is 31.2 Å². The number of anilines is 1. The topological polar surface area (TPSA) is 115 Å². The molecule has 1 atom stereocenters. The van der Waals surface area contributed by atoms with Crippen molar-refractivity contribution in [1.82, 2.24) is 9.97 Å². The molecule has 172 valence electrons. The summed E-state index contributed by atoms with van der Waals surface area (Å²) in [5.41, 5.74) is 1.32. The predicted octanol–water partition coefficient (Wildman–Crippen LogP) is 3.49. The second-order valence-electron chi connectivity index (χ2n) is 7.74. The molecule has 2 heterocycles. The Labute approximate surface area is 190 Å². The van der Waals surface area contributed by atoms with Crippen LogP contribution in [-0.4, -0.2) is 43.9 Å². The van der Waals surface area contributed by atoms with Gasteiger partial charge in [-0.25, -0.2) is 4.79 Å². The maximum Gasteiger partial charge on any atom is 0.336 e. The van der Waals surface area contributed by atoms with Gasteiger partial charge in [0.05, 0.1) is 45.0 Å². The molecule has 0 radical (unpaired) electrons. The Bertz CT molecular complexity index is 1160. The second kappa shape index (κ2) is 9.47. The molecule has 0 spiro atoms. The van der Waals surface area contributed by atoms with Crippen LogP contribution in [0.5, 0.6) is 17.2 Å². The van der Waals surface area contributed by atoms with Crippen molar-refractivity contribution < 1.29 is 23.7 Å². The number of esters is 1. The molecule has 0 fully saturated rings. The number of allylic oxidation sites excluding steroid dienone is 1. The Kier molecular flexibility index (Phi) is 6.93. The van der Waals surface area contributed by atoms with Gasteiger partial charge in [-0.1, -0.05) is 13.8 Å². The van der Waals surface area contributed by atoms with Gasteiger partial charge in [-0.15, -0.1) is 0 Å². The average Bonchev–Trinajstić information content (AvgIpc) is 2.75. The lowest BCUT2D eigenvalue weighted by molar-refractivity contribution is -0.140. The molecule has 0 aliphatic carbocycles. The van der Waals surface area contributed by atoms with Gasteiger partial charge in [-0.05, 0) is 42.8 Å². The molecule has 3 rings (SSSR count). The first-order chi connectivity index (χ1) is 15.2. The first-order valence-electron chi connectivity index (χ1n) is 10.0. The molecule has 3 N–H and O–H groups in total. The van der Waals surface area contributed by atoms with E-state index in [2.05, 4.69) is 15.3 Å². The molecule has 1 aromatic heterocycles. The summed E-state index contributed by atoms with van der Waals surface area (Å²) in [5.74, 6) is 0.479. The summed E-state index contributed by atoms with van der Waals surface area (Å²) in [6.45, 7) is 5.89. The Balaban J connectivity index is 2.29. The molecule has 1 unspecified atom stereocenters. The number of aromatic amines is 2. The minimum Gasteiger partial charge on any atom is -0.493 e. The molecule has 0 saturated heterocycles. The minimum atomic E-state index is -0.768. The largest absolute Gasteiger partial charge is 0.493 e. The van der Waals surface area contributed by atoms with E-state index >= 15 is 0 Å². The highest BCUT2D eigenvalue weighted by molar-refractivity contribution is 7.71. The number of benzene rings is 1. The third-order valence-corrected chi connectivity index (χ3v) is 5.27. The first-order valence-corrected chi connectivity index (χ1v) is 10.4. The lowest BCUT2D eigenvalue weighted by Gasteiger charge is -2.29.